The van der Waals surface area contributed by atoms with Crippen LogP contribution in [0.25, 0.3) is 0 Å². The molecule has 1 aliphatic rings. The van der Waals surface area contributed by atoms with Gasteiger partial charge in [-0.15, -0.1) is 0 Å². The number of hydrogen-bond donors (Lipinski definition) is 2. The number of carbonyl (C=O) groups excluding carboxylic acids is 3. The van der Waals surface area contributed by atoms with Crippen molar-refractivity contribution in [2.24, 2.45) is 0 Å². The van der Waals surface area contributed by atoms with Gasteiger partial charge in [-0.05, 0) is 31.4 Å². The van der Waals surface area contributed by atoms with E-state index in [0.717, 1.165) is 18.4 Å². The Morgan fingerprint density at radius 2 is 1.70 bits per heavy atom. The minimum atomic E-state index is -0.811. The van der Waals surface area contributed by atoms with Crippen molar-refractivity contribution in [1.82, 2.24) is 15.8 Å². The Bertz CT molecular complexity index is 536. The molecule has 0 unspecified atom stereocenters. The number of hydrazine groups is 1. The minimum absolute atomic E-state index is 0.439. The van der Waals surface area contributed by atoms with Crippen LogP contribution in [-0.2, 0) is 9.59 Å². The first kappa shape index (κ1) is 14.0. The molecule has 0 atom stereocenters. The third-order valence-electron chi connectivity index (χ3n) is 3.27. The average Bonchev–Trinajstić information content (AvgIpc) is 2.98. The summed E-state index contributed by atoms with van der Waals surface area (Å²) < 4.78 is 0. The van der Waals surface area contributed by atoms with E-state index in [9.17, 15) is 14.4 Å². The van der Waals surface area contributed by atoms with Crippen LogP contribution in [0.5, 0.6) is 0 Å². The molecule has 6 heteroatoms. The Kier molecular flexibility index (Phi) is 4.34. The van der Waals surface area contributed by atoms with Gasteiger partial charge in [0.05, 0.1) is 0 Å². The maximum Gasteiger partial charge on any atom is 0.327 e. The number of carbonyl (C=O) groups is 3. The number of nitrogens with zero attached hydrogens (tertiary/aromatic N) is 1. The number of aryl methyl sites for hydroxylation is 1. The molecule has 1 heterocycles. The summed E-state index contributed by atoms with van der Waals surface area (Å²) in [5, 5.41) is 0. The van der Waals surface area contributed by atoms with E-state index in [-0.39, 0.29) is 0 Å². The van der Waals surface area contributed by atoms with Gasteiger partial charge in [-0.3, -0.25) is 25.2 Å². The van der Waals surface area contributed by atoms with E-state index < -0.39 is 17.7 Å². The van der Waals surface area contributed by atoms with Crippen molar-refractivity contribution in [3.63, 3.8) is 0 Å². The zero-order chi connectivity index (χ0) is 14.5. The van der Waals surface area contributed by atoms with E-state index >= 15 is 0 Å². The largest absolute Gasteiger partial charge is 0.334 e. The lowest BCUT2D eigenvalue weighted by Gasteiger charge is -2.15. The fourth-order valence-corrected chi connectivity index (χ4v) is 2.13. The van der Waals surface area contributed by atoms with Crippen LogP contribution in [0.1, 0.15) is 28.8 Å². The lowest BCUT2D eigenvalue weighted by Crippen LogP contribution is -2.49. The van der Waals surface area contributed by atoms with Crippen LogP contribution >= 0.6 is 0 Å². The predicted octanol–water partition coefficient (Wildman–Crippen LogP) is 0.378. The van der Waals surface area contributed by atoms with Crippen LogP contribution in [0.15, 0.2) is 24.3 Å². The maximum atomic E-state index is 11.9. The van der Waals surface area contributed by atoms with Crippen molar-refractivity contribution in [2.75, 3.05) is 13.1 Å². The summed E-state index contributed by atoms with van der Waals surface area (Å²) in [5.41, 5.74) is 5.67. The second-order valence-corrected chi connectivity index (χ2v) is 4.72. The normalized spacial score (nSPS) is 13.9. The van der Waals surface area contributed by atoms with E-state index in [4.69, 9.17) is 0 Å². The van der Waals surface area contributed by atoms with Crippen LogP contribution in [0.4, 0.5) is 0 Å². The van der Waals surface area contributed by atoms with Crippen LogP contribution in [-0.4, -0.2) is 35.7 Å². The molecule has 0 aliphatic carbocycles. The molecule has 6 nitrogen and oxygen atoms in total. The van der Waals surface area contributed by atoms with Crippen molar-refractivity contribution >= 4 is 17.7 Å². The van der Waals surface area contributed by atoms with Gasteiger partial charge in [-0.25, -0.2) is 0 Å². The molecule has 0 aromatic heterocycles. The molecule has 1 aromatic rings. The molecule has 20 heavy (non-hydrogen) atoms. The van der Waals surface area contributed by atoms with Gasteiger partial charge in [0.25, 0.3) is 5.91 Å². The summed E-state index contributed by atoms with van der Waals surface area (Å²) in [4.78, 5) is 36.7. The number of benzene rings is 1. The van der Waals surface area contributed by atoms with Crippen molar-refractivity contribution in [3.05, 3.63) is 35.4 Å². The highest BCUT2D eigenvalue weighted by atomic mass is 16.2. The van der Waals surface area contributed by atoms with Crippen LogP contribution in [0, 0.1) is 6.92 Å². The SMILES string of the molecule is Cc1ccccc1C(=O)NNC(=O)C(=O)N1CCCC1. The van der Waals surface area contributed by atoms with E-state index in [1.54, 1.807) is 25.1 Å². The molecule has 1 aliphatic heterocycles. The topological polar surface area (TPSA) is 78.5 Å². The van der Waals surface area contributed by atoms with Crippen molar-refractivity contribution in [3.8, 4) is 0 Å². The molecular weight excluding hydrogens is 258 g/mol. The van der Waals surface area contributed by atoms with Gasteiger partial charge in [0.1, 0.15) is 0 Å². The van der Waals surface area contributed by atoms with E-state index in [0.29, 0.717) is 18.7 Å². The first-order chi connectivity index (χ1) is 9.59. The zero-order valence-electron chi connectivity index (χ0n) is 11.3. The standard InChI is InChI=1S/C14H17N3O3/c1-10-6-2-3-7-11(10)12(18)15-16-13(19)14(20)17-8-4-5-9-17/h2-3,6-7H,4-5,8-9H2,1H3,(H,15,18)(H,16,19). The molecule has 1 aromatic carbocycles. The van der Waals surface area contributed by atoms with Gasteiger partial charge in [0, 0.05) is 18.7 Å². The molecule has 3 amide bonds. The highest BCUT2D eigenvalue weighted by Crippen LogP contribution is 2.07. The monoisotopic (exact) mass is 275 g/mol. The molecule has 106 valence electrons. The van der Waals surface area contributed by atoms with E-state index in [1.165, 1.54) is 4.90 Å². The summed E-state index contributed by atoms with van der Waals surface area (Å²) in [6.45, 7) is 2.99. The van der Waals surface area contributed by atoms with Crippen LogP contribution < -0.4 is 10.9 Å². The van der Waals surface area contributed by atoms with Gasteiger partial charge in [0.15, 0.2) is 0 Å². The number of amides is 3. The fourth-order valence-electron chi connectivity index (χ4n) is 2.13. The molecule has 2 rings (SSSR count). The van der Waals surface area contributed by atoms with Gasteiger partial charge in [0.2, 0.25) is 0 Å². The molecular formula is C14H17N3O3. The second-order valence-electron chi connectivity index (χ2n) is 4.72. The van der Waals surface area contributed by atoms with Crippen molar-refractivity contribution in [2.45, 2.75) is 19.8 Å². The summed E-state index contributed by atoms with van der Waals surface area (Å²) >= 11 is 0. The molecule has 0 spiro atoms. The zero-order valence-corrected chi connectivity index (χ0v) is 11.3. The highest BCUT2D eigenvalue weighted by Gasteiger charge is 2.24. The number of hydrogen-bond acceptors (Lipinski definition) is 3. The van der Waals surface area contributed by atoms with Crippen molar-refractivity contribution in [1.29, 1.82) is 0 Å². The van der Waals surface area contributed by atoms with Crippen LogP contribution in [0.2, 0.25) is 0 Å². The van der Waals surface area contributed by atoms with Gasteiger partial charge >= 0.3 is 11.8 Å². The van der Waals surface area contributed by atoms with E-state index in [2.05, 4.69) is 10.9 Å². The van der Waals surface area contributed by atoms with Gasteiger partial charge in [-0.2, -0.15) is 0 Å². The number of rotatable bonds is 1. The molecule has 0 radical (unpaired) electrons. The first-order valence-electron chi connectivity index (χ1n) is 6.55. The second kappa shape index (κ2) is 6.18. The Labute approximate surface area is 117 Å². The summed E-state index contributed by atoms with van der Waals surface area (Å²) in [5.74, 6) is -1.85. The van der Waals surface area contributed by atoms with Gasteiger partial charge in [-0.1, -0.05) is 18.2 Å². The van der Waals surface area contributed by atoms with E-state index in [1.807, 2.05) is 6.07 Å². The number of nitrogens with one attached hydrogen (secondary N) is 2. The Balaban J connectivity index is 1.88. The van der Waals surface area contributed by atoms with Crippen LogP contribution in [0.3, 0.4) is 0 Å². The predicted molar refractivity (Wildman–Crippen MR) is 72.6 cm³/mol. The molecule has 1 saturated heterocycles. The van der Waals surface area contributed by atoms with Gasteiger partial charge < -0.3 is 4.90 Å². The lowest BCUT2D eigenvalue weighted by atomic mass is 10.1. The fraction of sp³-hybridized carbons (Fsp3) is 0.357. The number of likely N-dealkylation sites (tertiary alicyclic amines) is 1. The third kappa shape index (κ3) is 3.14. The minimum Gasteiger partial charge on any atom is -0.334 e. The summed E-state index contributed by atoms with van der Waals surface area (Å²) in [6.07, 6.45) is 1.82. The molecule has 0 saturated carbocycles. The smallest absolute Gasteiger partial charge is 0.327 e. The van der Waals surface area contributed by atoms with Crippen molar-refractivity contribution < 1.29 is 14.4 Å². The molecule has 1 fully saturated rings. The summed E-state index contributed by atoms with van der Waals surface area (Å²) in [6, 6.07) is 7.01. The third-order valence-corrected chi connectivity index (χ3v) is 3.27. The molecule has 0 bridgehead atoms. The maximum absolute atomic E-state index is 11.9. The average molecular weight is 275 g/mol. The Morgan fingerprint density at radius 3 is 2.35 bits per heavy atom. The first-order valence-corrected chi connectivity index (χ1v) is 6.55. The Hall–Kier alpha value is -2.37. The summed E-state index contributed by atoms with van der Waals surface area (Å²) in [7, 11) is 0. The quantitative estimate of drug-likeness (QED) is 0.574. The molecule has 2 N–H and O–H groups in total. The highest BCUT2D eigenvalue weighted by molar-refractivity contribution is 6.35. The Morgan fingerprint density at radius 1 is 1.05 bits per heavy atom. The lowest BCUT2D eigenvalue weighted by molar-refractivity contribution is -0.145.